The maximum absolute atomic E-state index is 11.3. The van der Waals surface area contributed by atoms with E-state index < -0.39 is 0 Å². The quantitative estimate of drug-likeness (QED) is 0.799. The van der Waals surface area contributed by atoms with Gasteiger partial charge in [0, 0.05) is 5.69 Å². The highest BCUT2D eigenvalue weighted by Gasteiger charge is 2.13. The summed E-state index contributed by atoms with van der Waals surface area (Å²) in [4.78, 5) is 11.3. The highest BCUT2D eigenvalue weighted by molar-refractivity contribution is 5.79. The number of carbonyl (C=O) groups is 1. The summed E-state index contributed by atoms with van der Waals surface area (Å²) in [6.45, 7) is 6.32. The molecule has 0 aliphatic heterocycles. The lowest BCUT2D eigenvalue weighted by Crippen LogP contribution is -2.27. The molecule has 0 saturated heterocycles. The molecule has 0 aliphatic rings. The number of ether oxygens (including phenoxy) is 2. The normalized spacial score (nSPS) is 11.8. The number of carbonyl (C=O) groups excluding carboxylic acids is 1. The van der Waals surface area contributed by atoms with Crippen molar-refractivity contribution in [1.82, 2.24) is 0 Å². The monoisotopic (exact) mass is 237 g/mol. The zero-order chi connectivity index (χ0) is 12.8. The van der Waals surface area contributed by atoms with E-state index in [1.807, 2.05) is 32.0 Å². The van der Waals surface area contributed by atoms with Crippen LogP contribution in [-0.2, 0) is 9.53 Å². The van der Waals surface area contributed by atoms with E-state index in [0.717, 1.165) is 17.0 Å². The maximum atomic E-state index is 11.3. The Morgan fingerprint density at radius 1 is 1.47 bits per heavy atom. The molecule has 0 fully saturated rings. The summed E-state index contributed by atoms with van der Waals surface area (Å²) in [5, 5.41) is 3.10. The molecule has 1 unspecified atom stereocenters. The minimum Gasteiger partial charge on any atom is -0.494 e. The number of hydrogen-bond donors (Lipinski definition) is 1. The third kappa shape index (κ3) is 3.66. The van der Waals surface area contributed by atoms with Crippen molar-refractivity contribution < 1.29 is 14.3 Å². The molecule has 0 heterocycles. The molecule has 94 valence electrons. The average Bonchev–Trinajstić information content (AvgIpc) is 2.31. The van der Waals surface area contributed by atoms with Crippen molar-refractivity contribution in [3.8, 4) is 5.75 Å². The molecule has 0 spiro atoms. The molecule has 4 heteroatoms. The van der Waals surface area contributed by atoms with Crippen LogP contribution in [-0.4, -0.2) is 25.7 Å². The standard InChI is InChI=1S/C13H19NO3/c1-5-17-11-6-7-12(9(2)8-11)14-10(3)13(15)16-4/h6-8,10,14H,5H2,1-4H3. The molecule has 0 radical (unpaired) electrons. The Morgan fingerprint density at radius 3 is 2.71 bits per heavy atom. The molecule has 1 rings (SSSR count). The fraction of sp³-hybridized carbons (Fsp3) is 0.462. The number of benzene rings is 1. The predicted octanol–water partition coefficient (Wildman–Crippen LogP) is 2.37. The Labute approximate surface area is 102 Å². The number of methoxy groups -OCH3 is 1. The van der Waals surface area contributed by atoms with Gasteiger partial charge in [0.15, 0.2) is 0 Å². The number of nitrogens with one attached hydrogen (secondary N) is 1. The van der Waals surface area contributed by atoms with E-state index in [-0.39, 0.29) is 12.0 Å². The highest BCUT2D eigenvalue weighted by Crippen LogP contribution is 2.22. The van der Waals surface area contributed by atoms with Gasteiger partial charge in [0.05, 0.1) is 13.7 Å². The smallest absolute Gasteiger partial charge is 0.327 e. The number of esters is 1. The van der Waals surface area contributed by atoms with Crippen LogP contribution < -0.4 is 10.1 Å². The molecular weight excluding hydrogens is 218 g/mol. The molecule has 1 atom stereocenters. The van der Waals surface area contributed by atoms with Crippen molar-refractivity contribution in [3.05, 3.63) is 23.8 Å². The molecule has 0 aromatic heterocycles. The van der Waals surface area contributed by atoms with Gasteiger partial charge in [-0.25, -0.2) is 4.79 Å². The summed E-state index contributed by atoms with van der Waals surface area (Å²) in [7, 11) is 1.38. The van der Waals surface area contributed by atoms with Crippen molar-refractivity contribution >= 4 is 11.7 Å². The van der Waals surface area contributed by atoms with Gasteiger partial charge >= 0.3 is 5.97 Å². The van der Waals surface area contributed by atoms with Crippen molar-refractivity contribution in [2.45, 2.75) is 26.8 Å². The Bertz CT molecular complexity index is 390. The van der Waals surface area contributed by atoms with Gasteiger partial charge in [0.1, 0.15) is 11.8 Å². The second kappa shape index (κ2) is 6.13. The lowest BCUT2D eigenvalue weighted by molar-refractivity contribution is -0.141. The van der Waals surface area contributed by atoms with E-state index >= 15 is 0 Å². The van der Waals surface area contributed by atoms with Gasteiger partial charge in [0.25, 0.3) is 0 Å². The number of aryl methyl sites for hydroxylation is 1. The van der Waals surface area contributed by atoms with Gasteiger partial charge < -0.3 is 14.8 Å². The SMILES string of the molecule is CCOc1ccc(NC(C)C(=O)OC)c(C)c1. The molecule has 0 amide bonds. The largest absolute Gasteiger partial charge is 0.494 e. The topological polar surface area (TPSA) is 47.6 Å². The van der Waals surface area contributed by atoms with Crippen molar-refractivity contribution in [3.63, 3.8) is 0 Å². The first-order valence-electron chi connectivity index (χ1n) is 5.66. The summed E-state index contributed by atoms with van der Waals surface area (Å²) in [6, 6.07) is 5.36. The summed E-state index contributed by atoms with van der Waals surface area (Å²) in [6.07, 6.45) is 0. The van der Waals surface area contributed by atoms with Crippen molar-refractivity contribution in [2.24, 2.45) is 0 Å². The van der Waals surface area contributed by atoms with Gasteiger partial charge in [-0.1, -0.05) is 0 Å². The predicted molar refractivity (Wildman–Crippen MR) is 67.4 cm³/mol. The van der Waals surface area contributed by atoms with E-state index in [9.17, 15) is 4.79 Å². The lowest BCUT2D eigenvalue weighted by atomic mass is 10.1. The Kier molecular flexibility index (Phi) is 4.82. The van der Waals surface area contributed by atoms with Gasteiger partial charge in [-0.05, 0) is 44.5 Å². The van der Waals surface area contributed by atoms with Crippen LogP contribution in [0.15, 0.2) is 18.2 Å². The Hall–Kier alpha value is -1.71. The Balaban J connectivity index is 2.75. The van der Waals surface area contributed by atoms with E-state index in [1.54, 1.807) is 6.92 Å². The van der Waals surface area contributed by atoms with Crippen LogP contribution in [0.3, 0.4) is 0 Å². The number of hydrogen-bond acceptors (Lipinski definition) is 4. The van der Waals surface area contributed by atoms with Crippen LogP contribution in [0.2, 0.25) is 0 Å². The molecule has 1 aromatic carbocycles. The number of anilines is 1. The van der Waals surface area contributed by atoms with E-state index in [0.29, 0.717) is 6.61 Å². The number of rotatable bonds is 5. The molecule has 0 saturated carbocycles. The molecule has 1 N–H and O–H groups in total. The lowest BCUT2D eigenvalue weighted by Gasteiger charge is -2.15. The first kappa shape index (κ1) is 13.4. The second-order valence-corrected chi connectivity index (χ2v) is 3.80. The highest BCUT2D eigenvalue weighted by atomic mass is 16.5. The first-order chi connectivity index (χ1) is 8.08. The third-order valence-corrected chi connectivity index (χ3v) is 2.44. The average molecular weight is 237 g/mol. The summed E-state index contributed by atoms with van der Waals surface area (Å²) < 4.78 is 10.1. The maximum Gasteiger partial charge on any atom is 0.327 e. The van der Waals surface area contributed by atoms with Gasteiger partial charge in [-0.15, -0.1) is 0 Å². The van der Waals surface area contributed by atoms with Crippen LogP contribution in [0.5, 0.6) is 5.75 Å². The van der Waals surface area contributed by atoms with Gasteiger partial charge in [-0.2, -0.15) is 0 Å². The summed E-state index contributed by atoms with van der Waals surface area (Å²) in [5.41, 5.74) is 1.94. The van der Waals surface area contributed by atoms with Crippen molar-refractivity contribution in [2.75, 3.05) is 19.0 Å². The molecule has 0 aliphatic carbocycles. The van der Waals surface area contributed by atoms with Crippen LogP contribution in [0, 0.1) is 6.92 Å². The van der Waals surface area contributed by atoms with Crippen LogP contribution >= 0.6 is 0 Å². The fourth-order valence-electron chi connectivity index (χ4n) is 1.52. The van der Waals surface area contributed by atoms with Crippen LogP contribution in [0.4, 0.5) is 5.69 Å². The summed E-state index contributed by atoms with van der Waals surface area (Å²) in [5.74, 6) is 0.555. The molecular formula is C13H19NO3. The van der Waals surface area contributed by atoms with E-state index in [1.165, 1.54) is 7.11 Å². The fourth-order valence-corrected chi connectivity index (χ4v) is 1.52. The third-order valence-electron chi connectivity index (χ3n) is 2.44. The van der Waals surface area contributed by atoms with E-state index in [4.69, 9.17) is 4.74 Å². The Morgan fingerprint density at radius 2 is 2.18 bits per heavy atom. The molecule has 1 aromatic rings. The minimum absolute atomic E-state index is 0.279. The van der Waals surface area contributed by atoms with Crippen LogP contribution in [0.1, 0.15) is 19.4 Å². The molecule has 17 heavy (non-hydrogen) atoms. The van der Waals surface area contributed by atoms with Gasteiger partial charge in [-0.3, -0.25) is 0 Å². The summed E-state index contributed by atoms with van der Waals surface area (Å²) >= 11 is 0. The van der Waals surface area contributed by atoms with Gasteiger partial charge in [0.2, 0.25) is 0 Å². The van der Waals surface area contributed by atoms with Crippen LogP contribution in [0.25, 0.3) is 0 Å². The molecule has 4 nitrogen and oxygen atoms in total. The molecule has 0 bridgehead atoms. The first-order valence-corrected chi connectivity index (χ1v) is 5.66. The van der Waals surface area contributed by atoms with E-state index in [2.05, 4.69) is 10.1 Å². The zero-order valence-electron chi connectivity index (χ0n) is 10.7. The van der Waals surface area contributed by atoms with Crippen molar-refractivity contribution in [1.29, 1.82) is 0 Å². The zero-order valence-corrected chi connectivity index (χ0v) is 10.7. The minimum atomic E-state index is -0.364. The second-order valence-electron chi connectivity index (χ2n) is 3.80.